The standard InChI is InChI=1S/C16H11N5S2/c1-2-5-11(6-3-1)14-19-16(23-21-14)20-15-18-13(10-22-15)12-7-4-8-17-9-12/h1-10H,(H,18,19,20,21). The van der Waals surface area contributed by atoms with Gasteiger partial charge in [0.2, 0.25) is 5.13 Å². The molecule has 4 rings (SSSR count). The molecule has 7 heteroatoms. The van der Waals surface area contributed by atoms with E-state index in [1.807, 2.05) is 47.8 Å². The van der Waals surface area contributed by atoms with E-state index in [-0.39, 0.29) is 0 Å². The number of nitrogens with one attached hydrogen (secondary N) is 1. The molecule has 1 N–H and O–H groups in total. The molecule has 0 amide bonds. The topological polar surface area (TPSA) is 63.6 Å². The molecular weight excluding hydrogens is 326 g/mol. The molecule has 3 aromatic heterocycles. The van der Waals surface area contributed by atoms with Gasteiger partial charge in [-0.25, -0.2) is 4.98 Å². The highest BCUT2D eigenvalue weighted by Gasteiger charge is 2.09. The summed E-state index contributed by atoms with van der Waals surface area (Å²) < 4.78 is 4.38. The van der Waals surface area contributed by atoms with Crippen LogP contribution in [-0.2, 0) is 0 Å². The van der Waals surface area contributed by atoms with Gasteiger partial charge in [0.1, 0.15) is 0 Å². The minimum atomic E-state index is 0.724. The quantitative estimate of drug-likeness (QED) is 0.595. The molecule has 0 unspecified atom stereocenters. The lowest BCUT2D eigenvalue weighted by Gasteiger charge is -1.96. The number of rotatable bonds is 4. The summed E-state index contributed by atoms with van der Waals surface area (Å²) in [5, 5.41) is 6.74. The fraction of sp³-hybridized carbons (Fsp3) is 0. The molecule has 0 saturated carbocycles. The van der Waals surface area contributed by atoms with Crippen LogP contribution in [0.1, 0.15) is 0 Å². The molecule has 5 nitrogen and oxygen atoms in total. The Morgan fingerprint density at radius 1 is 0.870 bits per heavy atom. The van der Waals surface area contributed by atoms with E-state index in [0.717, 1.165) is 32.9 Å². The highest BCUT2D eigenvalue weighted by molar-refractivity contribution is 7.15. The highest BCUT2D eigenvalue weighted by Crippen LogP contribution is 2.28. The maximum Gasteiger partial charge on any atom is 0.209 e. The van der Waals surface area contributed by atoms with Crippen molar-refractivity contribution >= 4 is 33.1 Å². The van der Waals surface area contributed by atoms with Gasteiger partial charge in [-0.3, -0.25) is 4.98 Å². The van der Waals surface area contributed by atoms with E-state index in [1.54, 1.807) is 12.4 Å². The lowest BCUT2D eigenvalue weighted by molar-refractivity contribution is 1.29. The largest absolute Gasteiger partial charge is 0.306 e. The molecule has 0 aliphatic rings. The molecule has 1 aromatic carbocycles. The smallest absolute Gasteiger partial charge is 0.209 e. The van der Waals surface area contributed by atoms with Crippen molar-refractivity contribution in [2.75, 3.05) is 5.32 Å². The van der Waals surface area contributed by atoms with E-state index in [1.165, 1.54) is 22.9 Å². The van der Waals surface area contributed by atoms with Crippen molar-refractivity contribution in [2.45, 2.75) is 0 Å². The van der Waals surface area contributed by atoms with E-state index >= 15 is 0 Å². The average Bonchev–Trinajstić information content (AvgIpc) is 3.27. The SMILES string of the molecule is c1ccc(-c2nsc(Nc3nc(-c4cccnc4)cs3)n2)cc1. The second kappa shape index (κ2) is 6.23. The van der Waals surface area contributed by atoms with Crippen molar-refractivity contribution in [3.8, 4) is 22.6 Å². The summed E-state index contributed by atoms with van der Waals surface area (Å²) in [5.74, 6) is 0.724. The van der Waals surface area contributed by atoms with Crippen LogP contribution in [-0.4, -0.2) is 19.3 Å². The summed E-state index contributed by atoms with van der Waals surface area (Å²) in [6.45, 7) is 0. The molecule has 0 saturated heterocycles. The van der Waals surface area contributed by atoms with Crippen LogP contribution in [0.2, 0.25) is 0 Å². The van der Waals surface area contributed by atoms with Gasteiger partial charge in [-0.15, -0.1) is 11.3 Å². The lowest BCUT2D eigenvalue weighted by atomic mass is 10.2. The molecule has 0 atom stereocenters. The number of nitrogens with zero attached hydrogens (tertiary/aromatic N) is 4. The number of aromatic nitrogens is 4. The highest BCUT2D eigenvalue weighted by atomic mass is 32.1. The molecule has 23 heavy (non-hydrogen) atoms. The number of hydrogen-bond acceptors (Lipinski definition) is 7. The van der Waals surface area contributed by atoms with E-state index in [9.17, 15) is 0 Å². The van der Waals surface area contributed by atoms with Gasteiger partial charge in [0, 0.05) is 40.4 Å². The number of thiazole rings is 1. The van der Waals surface area contributed by atoms with Gasteiger partial charge in [-0.2, -0.15) is 9.36 Å². The van der Waals surface area contributed by atoms with Gasteiger partial charge in [0.15, 0.2) is 11.0 Å². The molecule has 112 valence electrons. The third kappa shape index (κ3) is 3.10. The molecule has 0 aliphatic heterocycles. The summed E-state index contributed by atoms with van der Waals surface area (Å²) >= 11 is 2.86. The molecule has 0 spiro atoms. The molecule has 0 fully saturated rings. The second-order valence-corrected chi connectivity index (χ2v) is 6.30. The number of benzene rings is 1. The van der Waals surface area contributed by atoms with Crippen molar-refractivity contribution in [3.05, 3.63) is 60.2 Å². The van der Waals surface area contributed by atoms with Gasteiger partial charge >= 0.3 is 0 Å². The van der Waals surface area contributed by atoms with Gasteiger partial charge in [0.05, 0.1) is 5.69 Å². The minimum Gasteiger partial charge on any atom is -0.306 e. The van der Waals surface area contributed by atoms with Gasteiger partial charge in [-0.05, 0) is 12.1 Å². The molecule has 4 aromatic rings. The zero-order valence-electron chi connectivity index (χ0n) is 11.9. The minimum absolute atomic E-state index is 0.724. The summed E-state index contributed by atoms with van der Waals surface area (Å²) in [5.41, 5.74) is 2.91. The van der Waals surface area contributed by atoms with Crippen molar-refractivity contribution in [3.63, 3.8) is 0 Å². The zero-order chi connectivity index (χ0) is 15.5. The summed E-state index contributed by atoms with van der Waals surface area (Å²) in [6, 6.07) is 13.8. The summed E-state index contributed by atoms with van der Waals surface area (Å²) in [6.07, 6.45) is 3.55. The number of anilines is 2. The van der Waals surface area contributed by atoms with Crippen LogP contribution >= 0.6 is 22.9 Å². The maximum absolute atomic E-state index is 4.56. The Kier molecular flexibility index (Phi) is 3.79. The third-order valence-electron chi connectivity index (χ3n) is 3.13. The normalized spacial score (nSPS) is 10.6. The Bertz CT molecular complexity index is 827. The fourth-order valence-corrected chi connectivity index (χ4v) is 3.42. The molecule has 0 aliphatic carbocycles. The average molecular weight is 337 g/mol. The van der Waals surface area contributed by atoms with E-state index < -0.39 is 0 Å². The Morgan fingerprint density at radius 2 is 1.74 bits per heavy atom. The van der Waals surface area contributed by atoms with Gasteiger partial charge in [0.25, 0.3) is 0 Å². The predicted octanol–water partition coefficient (Wildman–Crippen LogP) is 4.47. The van der Waals surface area contributed by atoms with Crippen LogP contribution in [0.15, 0.2) is 60.2 Å². The first-order valence-corrected chi connectivity index (χ1v) is 8.56. The van der Waals surface area contributed by atoms with Crippen molar-refractivity contribution in [1.29, 1.82) is 0 Å². The second-order valence-electron chi connectivity index (χ2n) is 4.69. The zero-order valence-corrected chi connectivity index (χ0v) is 13.5. The van der Waals surface area contributed by atoms with E-state index in [0.29, 0.717) is 0 Å². The summed E-state index contributed by atoms with van der Waals surface area (Å²) in [4.78, 5) is 13.2. The number of pyridine rings is 1. The molecule has 0 radical (unpaired) electrons. The van der Waals surface area contributed by atoms with Crippen LogP contribution in [0.3, 0.4) is 0 Å². The van der Waals surface area contributed by atoms with Crippen LogP contribution < -0.4 is 5.32 Å². The molecule has 0 bridgehead atoms. The Balaban J connectivity index is 1.53. The summed E-state index contributed by atoms with van der Waals surface area (Å²) in [7, 11) is 0. The Morgan fingerprint density at radius 3 is 2.57 bits per heavy atom. The Labute approximate surface area is 140 Å². The third-order valence-corrected chi connectivity index (χ3v) is 4.52. The van der Waals surface area contributed by atoms with Gasteiger partial charge in [-0.1, -0.05) is 30.3 Å². The molecular formula is C16H11N5S2. The van der Waals surface area contributed by atoms with Crippen LogP contribution in [0.5, 0.6) is 0 Å². The first-order valence-electron chi connectivity index (χ1n) is 6.90. The van der Waals surface area contributed by atoms with Crippen LogP contribution in [0.25, 0.3) is 22.6 Å². The maximum atomic E-state index is 4.56. The van der Waals surface area contributed by atoms with Crippen molar-refractivity contribution < 1.29 is 0 Å². The first-order chi connectivity index (χ1) is 11.4. The van der Waals surface area contributed by atoms with E-state index in [4.69, 9.17) is 0 Å². The van der Waals surface area contributed by atoms with Crippen molar-refractivity contribution in [2.24, 2.45) is 0 Å². The van der Waals surface area contributed by atoms with E-state index in [2.05, 4.69) is 24.6 Å². The first kappa shape index (κ1) is 14.0. The lowest BCUT2D eigenvalue weighted by Crippen LogP contribution is -1.89. The molecule has 3 heterocycles. The van der Waals surface area contributed by atoms with Crippen molar-refractivity contribution in [1.82, 2.24) is 19.3 Å². The number of hydrogen-bond donors (Lipinski definition) is 1. The fourth-order valence-electron chi connectivity index (χ4n) is 2.05. The van der Waals surface area contributed by atoms with Crippen LogP contribution in [0, 0.1) is 0 Å². The predicted molar refractivity (Wildman–Crippen MR) is 94.0 cm³/mol. The van der Waals surface area contributed by atoms with Crippen LogP contribution in [0.4, 0.5) is 10.3 Å². The van der Waals surface area contributed by atoms with Gasteiger partial charge < -0.3 is 5.32 Å². The Hall–Kier alpha value is -2.64. The monoisotopic (exact) mass is 337 g/mol.